The van der Waals surface area contributed by atoms with Crippen LogP contribution in [0.1, 0.15) is 20.3 Å². The second kappa shape index (κ2) is 6.24. The zero-order valence-electron chi connectivity index (χ0n) is 10.8. The number of rotatable bonds is 5. The molecule has 1 aliphatic rings. The number of hydrogen-bond acceptors (Lipinski definition) is 3. The van der Waals surface area contributed by atoms with Crippen LogP contribution in [0.15, 0.2) is 0 Å². The van der Waals surface area contributed by atoms with Gasteiger partial charge >= 0.3 is 12.0 Å². The van der Waals surface area contributed by atoms with E-state index in [0.717, 1.165) is 0 Å². The second-order valence-corrected chi connectivity index (χ2v) is 4.72. The Bertz CT molecular complexity index is 358. The predicted molar refractivity (Wildman–Crippen MR) is 64.7 cm³/mol. The largest absolute Gasteiger partial charge is 0.481 e. The molecule has 2 amide bonds. The molecule has 0 aliphatic carbocycles. The van der Waals surface area contributed by atoms with Crippen molar-refractivity contribution in [2.24, 2.45) is 11.8 Å². The minimum absolute atomic E-state index is 0.0681. The summed E-state index contributed by atoms with van der Waals surface area (Å²) in [5.74, 6) is -0.943. The molecule has 1 saturated heterocycles. The summed E-state index contributed by atoms with van der Waals surface area (Å²) in [6.07, 6.45) is 0.116. The Kier molecular flexibility index (Phi) is 4.95. The molecule has 1 aliphatic heterocycles. The predicted octanol–water partition coefficient (Wildman–Crippen LogP) is 0.994. The maximum Gasteiger partial charge on any atom is 0.320 e. The van der Waals surface area contributed by atoms with Crippen molar-refractivity contribution in [1.29, 1.82) is 5.26 Å². The summed E-state index contributed by atoms with van der Waals surface area (Å²) < 4.78 is 0. The molecule has 0 spiro atoms. The number of nitrogens with zero attached hydrogens (tertiary/aromatic N) is 3. The lowest BCUT2D eigenvalue weighted by Gasteiger charge is -2.41. The lowest BCUT2D eigenvalue weighted by Crippen LogP contribution is -2.55. The molecule has 1 atom stereocenters. The molecule has 1 N–H and O–H groups in total. The van der Waals surface area contributed by atoms with Gasteiger partial charge in [0.2, 0.25) is 0 Å². The first kappa shape index (κ1) is 14.3. The number of hydrogen-bond donors (Lipinski definition) is 1. The average Bonchev–Trinajstić information content (AvgIpc) is 2.28. The summed E-state index contributed by atoms with van der Waals surface area (Å²) in [6, 6.07) is 2.01. The van der Waals surface area contributed by atoms with Gasteiger partial charge in [0.05, 0.1) is 18.4 Å². The van der Waals surface area contributed by atoms with Crippen LogP contribution in [0.3, 0.4) is 0 Å². The van der Waals surface area contributed by atoms with Gasteiger partial charge in [-0.3, -0.25) is 4.79 Å². The number of urea groups is 1. The number of likely N-dealkylation sites (tertiary alicyclic amines) is 1. The molecule has 0 aromatic carbocycles. The molecular formula is C12H19N3O3. The van der Waals surface area contributed by atoms with Gasteiger partial charge in [-0.25, -0.2) is 4.79 Å². The zero-order chi connectivity index (χ0) is 13.7. The molecule has 0 aromatic heterocycles. The van der Waals surface area contributed by atoms with Gasteiger partial charge in [-0.2, -0.15) is 5.26 Å². The van der Waals surface area contributed by atoms with Crippen LogP contribution in [-0.2, 0) is 4.79 Å². The van der Waals surface area contributed by atoms with Gasteiger partial charge in [0.15, 0.2) is 0 Å². The molecule has 6 nitrogen and oxygen atoms in total. The van der Waals surface area contributed by atoms with Crippen LogP contribution in [0.25, 0.3) is 0 Å². The highest BCUT2D eigenvalue weighted by Crippen LogP contribution is 2.20. The summed E-state index contributed by atoms with van der Waals surface area (Å²) in [6.45, 7) is 5.64. The van der Waals surface area contributed by atoms with Crippen molar-refractivity contribution in [3.63, 3.8) is 0 Å². The van der Waals surface area contributed by atoms with Crippen molar-refractivity contribution < 1.29 is 14.7 Å². The number of carbonyl (C=O) groups excluding carboxylic acids is 1. The van der Waals surface area contributed by atoms with Crippen LogP contribution in [0.4, 0.5) is 4.79 Å². The van der Waals surface area contributed by atoms with Crippen LogP contribution in [0, 0.1) is 23.2 Å². The third kappa shape index (κ3) is 3.62. The topological polar surface area (TPSA) is 84.6 Å². The molecule has 1 fully saturated rings. The van der Waals surface area contributed by atoms with Gasteiger partial charge in [0, 0.05) is 32.1 Å². The van der Waals surface area contributed by atoms with Crippen molar-refractivity contribution in [3.8, 4) is 6.07 Å². The standard InChI is InChI=1S/C12H19N3O3/c1-3-14(6-9(2)5-13)12(18)15-7-10(8-15)4-11(16)17/h9-10H,3-4,6-8H2,1-2H3,(H,16,17). The van der Waals surface area contributed by atoms with Crippen molar-refractivity contribution in [2.75, 3.05) is 26.2 Å². The summed E-state index contributed by atoms with van der Waals surface area (Å²) in [5, 5.41) is 17.4. The Hall–Kier alpha value is -1.77. The quantitative estimate of drug-likeness (QED) is 0.792. The van der Waals surface area contributed by atoms with E-state index in [2.05, 4.69) is 6.07 Å². The van der Waals surface area contributed by atoms with E-state index in [1.54, 1.807) is 16.7 Å². The summed E-state index contributed by atoms with van der Waals surface area (Å²) in [5.41, 5.74) is 0. The number of aliphatic carboxylic acids is 1. The van der Waals surface area contributed by atoms with Gasteiger partial charge in [-0.1, -0.05) is 0 Å². The maximum atomic E-state index is 12.0. The Balaban J connectivity index is 2.41. The van der Waals surface area contributed by atoms with E-state index in [-0.39, 0.29) is 24.3 Å². The van der Waals surface area contributed by atoms with E-state index in [4.69, 9.17) is 10.4 Å². The smallest absolute Gasteiger partial charge is 0.320 e. The van der Waals surface area contributed by atoms with Crippen LogP contribution in [0.2, 0.25) is 0 Å². The minimum atomic E-state index is -0.822. The van der Waals surface area contributed by atoms with E-state index in [9.17, 15) is 9.59 Å². The third-order valence-electron chi connectivity index (χ3n) is 3.06. The summed E-state index contributed by atoms with van der Waals surface area (Å²) in [7, 11) is 0. The van der Waals surface area contributed by atoms with Crippen LogP contribution < -0.4 is 0 Å². The van der Waals surface area contributed by atoms with Gasteiger partial charge in [-0.05, 0) is 13.8 Å². The normalized spacial score (nSPS) is 16.6. The van der Waals surface area contributed by atoms with Gasteiger partial charge in [-0.15, -0.1) is 0 Å². The molecule has 6 heteroatoms. The van der Waals surface area contributed by atoms with Crippen molar-refractivity contribution in [1.82, 2.24) is 9.80 Å². The molecule has 1 rings (SSSR count). The highest BCUT2D eigenvalue weighted by atomic mass is 16.4. The van der Waals surface area contributed by atoms with Crippen LogP contribution in [0.5, 0.6) is 0 Å². The number of carboxylic acids is 1. The van der Waals surface area contributed by atoms with Gasteiger partial charge in [0.25, 0.3) is 0 Å². The summed E-state index contributed by atoms with van der Waals surface area (Å²) in [4.78, 5) is 25.8. The molecule has 100 valence electrons. The molecular weight excluding hydrogens is 234 g/mol. The Morgan fingerprint density at radius 3 is 2.61 bits per heavy atom. The van der Waals surface area contributed by atoms with Gasteiger partial charge in [0.1, 0.15) is 0 Å². The Morgan fingerprint density at radius 1 is 1.56 bits per heavy atom. The fourth-order valence-electron chi connectivity index (χ4n) is 2.02. The van der Waals surface area contributed by atoms with Crippen LogP contribution >= 0.6 is 0 Å². The van der Waals surface area contributed by atoms with E-state index < -0.39 is 5.97 Å². The monoisotopic (exact) mass is 253 g/mol. The third-order valence-corrected chi connectivity index (χ3v) is 3.06. The summed E-state index contributed by atoms with van der Waals surface area (Å²) >= 11 is 0. The number of carbonyl (C=O) groups is 2. The highest BCUT2D eigenvalue weighted by Gasteiger charge is 2.34. The van der Waals surface area contributed by atoms with E-state index >= 15 is 0 Å². The molecule has 0 radical (unpaired) electrons. The lowest BCUT2D eigenvalue weighted by molar-refractivity contribution is -0.139. The van der Waals surface area contributed by atoms with E-state index in [1.807, 2.05) is 6.92 Å². The lowest BCUT2D eigenvalue weighted by atomic mass is 9.97. The zero-order valence-corrected chi connectivity index (χ0v) is 10.8. The first-order valence-electron chi connectivity index (χ1n) is 6.13. The van der Waals surface area contributed by atoms with Crippen molar-refractivity contribution in [2.45, 2.75) is 20.3 Å². The second-order valence-electron chi connectivity index (χ2n) is 4.72. The minimum Gasteiger partial charge on any atom is -0.481 e. The average molecular weight is 253 g/mol. The van der Waals surface area contributed by atoms with Crippen molar-refractivity contribution in [3.05, 3.63) is 0 Å². The van der Waals surface area contributed by atoms with Crippen molar-refractivity contribution >= 4 is 12.0 Å². The molecule has 0 saturated carbocycles. The number of amides is 2. The Labute approximate surface area is 107 Å². The number of carboxylic acid groups (broad SMARTS) is 1. The molecule has 18 heavy (non-hydrogen) atoms. The Morgan fingerprint density at radius 2 is 2.17 bits per heavy atom. The van der Waals surface area contributed by atoms with Crippen LogP contribution in [-0.4, -0.2) is 53.1 Å². The first-order chi connectivity index (χ1) is 8.47. The molecule has 1 heterocycles. The highest BCUT2D eigenvalue weighted by molar-refractivity contribution is 5.76. The van der Waals surface area contributed by atoms with Gasteiger partial charge < -0.3 is 14.9 Å². The van der Waals surface area contributed by atoms with E-state index in [0.29, 0.717) is 26.2 Å². The first-order valence-corrected chi connectivity index (χ1v) is 6.13. The van der Waals surface area contributed by atoms with E-state index in [1.165, 1.54) is 0 Å². The molecule has 1 unspecified atom stereocenters. The fourth-order valence-corrected chi connectivity index (χ4v) is 2.02. The SMILES string of the molecule is CCN(CC(C)C#N)C(=O)N1CC(CC(=O)O)C1. The number of nitriles is 1. The molecule has 0 bridgehead atoms. The molecule has 0 aromatic rings. The fraction of sp³-hybridized carbons (Fsp3) is 0.750. The maximum absolute atomic E-state index is 12.0.